The van der Waals surface area contributed by atoms with Crippen LogP contribution in [0.3, 0.4) is 0 Å². The number of nitrogens with one attached hydrogen (secondary N) is 1. The predicted molar refractivity (Wildman–Crippen MR) is 143 cm³/mol. The Kier molecular flexibility index (Phi) is 5.83. The van der Waals surface area contributed by atoms with E-state index in [1.807, 2.05) is 48.5 Å². The van der Waals surface area contributed by atoms with Crippen LogP contribution in [0.15, 0.2) is 66.7 Å². The maximum atomic E-state index is 14.1. The highest BCUT2D eigenvalue weighted by atomic mass is 16.4. The summed E-state index contributed by atoms with van der Waals surface area (Å²) in [6.45, 7) is 3.45. The lowest BCUT2D eigenvalue weighted by Gasteiger charge is -2.45. The van der Waals surface area contributed by atoms with Crippen LogP contribution < -0.4 is 5.32 Å². The number of carboxylic acids is 2. The molecular weight excluding hydrogens is 512 g/mol. The molecule has 2 bridgehead atoms. The van der Waals surface area contributed by atoms with Gasteiger partial charge in [0.2, 0.25) is 17.7 Å². The van der Waals surface area contributed by atoms with Crippen molar-refractivity contribution < 1.29 is 34.2 Å². The van der Waals surface area contributed by atoms with E-state index in [1.165, 1.54) is 0 Å². The van der Waals surface area contributed by atoms with Crippen molar-refractivity contribution in [2.45, 2.75) is 31.7 Å². The molecule has 3 aliphatic carbocycles. The van der Waals surface area contributed by atoms with Crippen LogP contribution >= 0.6 is 0 Å². The van der Waals surface area contributed by atoms with Gasteiger partial charge in [-0.25, -0.2) is 9.59 Å². The summed E-state index contributed by atoms with van der Waals surface area (Å²) in [6, 6.07) is 17.8. The highest BCUT2D eigenvalue weighted by Gasteiger charge is 2.63. The molecule has 1 aliphatic heterocycles. The molecular formula is C31H26N2O7. The van der Waals surface area contributed by atoms with Gasteiger partial charge in [-0.2, -0.15) is 0 Å². The third-order valence-electron chi connectivity index (χ3n) is 8.36. The van der Waals surface area contributed by atoms with Crippen molar-refractivity contribution in [2.24, 2.45) is 17.8 Å². The lowest BCUT2D eigenvalue weighted by atomic mass is 9.55. The largest absolute Gasteiger partial charge is 0.478 e. The summed E-state index contributed by atoms with van der Waals surface area (Å²) in [5.41, 5.74) is 3.40. The van der Waals surface area contributed by atoms with Crippen molar-refractivity contribution in [2.75, 3.05) is 5.32 Å². The van der Waals surface area contributed by atoms with Gasteiger partial charge in [-0.1, -0.05) is 62.4 Å². The molecule has 9 heteroatoms. The number of hydrogen-bond acceptors (Lipinski definition) is 5. The summed E-state index contributed by atoms with van der Waals surface area (Å²) >= 11 is 0. The Morgan fingerprint density at radius 3 is 1.48 bits per heavy atom. The molecule has 7 rings (SSSR count). The Morgan fingerprint density at radius 2 is 1.12 bits per heavy atom. The number of likely N-dealkylation sites (tertiary alicyclic amines) is 1. The Bertz CT molecular complexity index is 1480. The summed E-state index contributed by atoms with van der Waals surface area (Å²) < 4.78 is 0. The smallest absolute Gasteiger partial charge is 0.335 e. The average molecular weight is 539 g/mol. The molecule has 0 saturated carbocycles. The van der Waals surface area contributed by atoms with Gasteiger partial charge in [0.15, 0.2) is 0 Å². The lowest BCUT2D eigenvalue weighted by molar-refractivity contribution is -0.148. The number of hydrogen-bond donors (Lipinski definition) is 3. The van der Waals surface area contributed by atoms with E-state index >= 15 is 0 Å². The van der Waals surface area contributed by atoms with Gasteiger partial charge in [0.05, 0.1) is 23.0 Å². The molecule has 9 nitrogen and oxygen atoms in total. The Labute approximate surface area is 229 Å². The van der Waals surface area contributed by atoms with E-state index in [-0.39, 0.29) is 28.7 Å². The molecule has 202 valence electrons. The lowest BCUT2D eigenvalue weighted by Crippen LogP contribution is -2.50. The van der Waals surface area contributed by atoms with Gasteiger partial charge < -0.3 is 15.5 Å². The summed E-state index contributed by atoms with van der Waals surface area (Å²) in [6.07, 6.45) is 0. The van der Waals surface area contributed by atoms with Crippen LogP contribution in [0, 0.1) is 17.8 Å². The maximum absolute atomic E-state index is 14.1. The third kappa shape index (κ3) is 3.65. The zero-order chi connectivity index (χ0) is 28.5. The van der Waals surface area contributed by atoms with Gasteiger partial charge in [-0.15, -0.1) is 0 Å². The second-order valence-corrected chi connectivity index (χ2v) is 10.9. The first-order chi connectivity index (χ1) is 19.1. The fraction of sp³-hybridized carbons (Fsp3) is 0.258. The fourth-order valence-corrected chi connectivity index (χ4v) is 6.86. The number of carboxylic acid groups (broad SMARTS) is 2. The molecule has 4 aliphatic rings. The molecule has 0 aromatic heterocycles. The van der Waals surface area contributed by atoms with Gasteiger partial charge in [-0.05, 0) is 46.4 Å². The van der Waals surface area contributed by atoms with Crippen LogP contribution in [-0.4, -0.2) is 50.8 Å². The number of carbonyl (C=O) groups excluding carboxylic acids is 3. The van der Waals surface area contributed by atoms with E-state index in [0.29, 0.717) is 0 Å². The van der Waals surface area contributed by atoms with Crippen molar-refractivity contribution in [1.29, 1.82) is 0 Å². The average Bonchev–Trinajstić information content (AvgIpc) is 3.18. The minimum atomic E-state index is -1.36. The summed E-state index contributed by atoms with van der Waals surface area (Å²) in [7, 11) is 0. The highest BCUT2D eigenvalue weighted by Crippen LogP contribution is 2.61. The van der Waals surface area contributed by atoms with Crippen LogP contribution in [0.5, 0.6) is 0 Å². The standard InChI is InChI=1S/C31H26N2O7/c1-14(2)26(27(34)32-17-12-15(30(37)38)11-16(13-17)31(39)40)33-28(35)24-22-18-7-3-4-8-19(18)23(25(24)29(33)36)21-10-6-5-9-20(21)22/h3-14,22-26H,1-2H3,(H,32,34)(H,37,38)(H,39,40)/t22?,23?,24?,25?,26-/m0/s1. The minimum absolute atomic E-state index is 0.0515. The topological polar surface area (TPSA) is 141 Å². The number of aromatic carboxylic acids is 2. The van der Waals surface area contributed by atoms with Gasteiger partial charge in [0.1, 0.15) is 6.04 Å². The van der Waals surface area contributed by atoms with Crippen LogP contribution in [-0.2, 0) is 14.4 Å². The molecule has 1 heterocycles. The van der Waals surface area contributed by atoms with E-state index < -0.39 is 53.5 Å². The molecule has 0 radical (unpaired) electrons. The van der Waals surface area contributed by atoms with E-state index in [0.717, 1.165) is 45.4 Å². The highest BCUT2D eigenvalue weighted by molar-refractivity contribution is 6.12. The van der Waals surface area contributed by atoms with Gasteiger partial charge >= 0.3 is 11.9 Å². The summed E-state index contributed by atoms with van der Waals surface area (Å²) in [4.78, 5) is 66.1. The molecule has 2 unspecified atom stereocenters. The number of nitrogens with zero attached hydrogens (tertiary/aromatic N) is 1. The van der Waals surface area contributed by atoms with Crippen LogP contribution in [0.2, 0.25) is 0 Å². The monoisotopic (exact) mass is 538 g/mol. The quantitative estimate of drug-likeness (QED) is 0.404. The molecule has 1 fully saturated rings. The third-order valence-corrected chi connectivity index (χ3v) is 8.36. The zero-order valence-corrected chi connectivity index (χ0v) is 21.7. The van der Waals surface area contributed by atoms with Gasteiger partial charge in [0.25, 0.3) is 0 Å². The van der Waals surface area contributed by atoms with E-state index in [4.69, 9.17) is 0 Å². The predicted octanol–water partition coefficient (Wildman–Crippen LogP) is 3.94. The van der Waals surface area contributed by atoms with E-state index in [2.05, 4.69) is 5.32 Å². The second-order valence-electron chi connectivity index (χ2n) is 10.9. The number of anilines is 1. The molecule has 0 spiro atoms. The van der Waals surface area contributed by atoms with Crippen molar-refractivity contribution in [3.8, 4) is 0 Å². The van der Waals surface area contributed by atoms with E-state index in [1.54, 1.807) is 13.8 Å². The summed E-state index contributed by atoms with van der Waals surface area (Å²) in [5.74, 6) is -6.63. The van der Waals surface area contributed by atoms with Crippen molar-refractivity contribution in [3.05, 3.63) is 100 Å². The van der Waals surface area contributed by atoms with Crippen molar-refractivity contribution in [3.63, 3.8) is 0 Å². The SMILES string of the molecule is CC(C)[C@@H](C(=O)Nc1cc(C(=O)O)cc(C(=O)O)c1)N1C(=O)C2C3c4ccccc4C(c4ccccc43)C2C1=O. The van der Waals surface area contributed by atoms with Crippen molar-refractivity contribution >= 4 is 35.3 Å². The normalized spacial score (nSPS) is 22.9. The number of amides is 3. The first-order valence-electron chi connectivity index (χ1n) is 13.1. The van der Waals surface area contributed by atoms with Gasteiger partial charge in [0, 0.05) is 17.5 Å². The van der Waals surface area contributed by atoms with Crippen LogP contribution in [0.1, 0.15) is 68.7 Å². The first-order valence-corrected chi connectivity index (χ1v) is 13.1. The maximum Gasteiger partial charge on any atom is 0.335 e. The second kappa shape index (κ2) is 9.15. The van der Waals surface area contributed by atoms with Gasteiger partial charge in [-0.3, -0.25) is 19.3 Å². The number of imide groups is 1. The number of carbonyl (C=O) groups is 5. The minimum Gasteiger partial charge on any atom is -0.478 e. The molecule has 40 heavy (non-hydrogen) atoms. The van der Waals surface area contributed by atoms with Crippen molar-refractivity contribution in [1.82, 2.24) is 4.90 Å². The first kappa shape index (κ1) is 25.5. The summed E-state index contributed by atoms with van der Waals surface area (Å²) in [5, 5.41) is 21.4. The number of benzene rings is 3. The molecule has 3 aromatic carbocycles. The van der Waals surface area contributed by atoms with Crippen LogP contribution in [0.25, 0.3) is 0 Å². The number of rotatable bonds is 6. The Balaban J connectivity index is 1.39. The molecule has 1 saturated heterocycles. The Morgan fingerprint density at radius 1 is 0.725 bits per heavy atom. The fourth-order valence-electron chi connectivity index (χ4n) is 6.86. The zero-order valence-electron chi connectivity index (χ0n) is 21.7. The Hall–Kier alpha value is -4.79. The molecule has 3 amide bonds. The van der Waals surface area contributed by atoms with Crippen LogP contribution in [0.4, 0.5) is 5.69 Å². The molecule has 3 N–H and O–H groups in total. The molecule has 3 aromatic rings. The van der Waals surface area contributed by atoms with E-state index in [9.17, 15) is 34.2 Å². The molecule has 3 atom stereocenters.